The molecule has 0 unspecified atom stereocenters. The highest BCUT2D eigenvalue weighted by Crippen LogP contribution is 2.51. The summed E-state index contributed by atoms with van der Waals surface area (Å²) in [5.74, 6) is 2.19. The first kappa shape index (κ1) is 19.6. The molecule has 0 aliphatic carbocycles. The van der Waals surface area contributed by atoms with E-state index < -0.39 is 0 Å². The molecule has 0 bridgehead atoms. The Labute approximate surface area is 190 Å². The van der Waals surface area contributed by atoms with Crippen molar-refractivity contribution in [2.75, 3.05) is 12.4 Å². The zero-order valence-corrected chi connectivity index (χ0v) is 19.1. The summed E-state index contributed by atoms with van der Waals surface area (Å²) in [7, 11) is 5.54. The third-order valence-corrected chi connectivity index (χ3v) is 6.74. The third-order valence-electron chi connectivity index (χ3n) is 6.74. The fourth-order valence-corrected chi connectivity index (χ4v) is 4.69. The van der Waals surface area contributed by atoms with Gasteiger partial charge in [0.15, 0.2) is 6.10 Å². The van der Waals surface area contributed by atoms with E-state index in [1.54, 1.807) is 13.4 Å². The maximum absolute atomic E-state index is 6.68. The van der Waals surface area contributed by atoms with Gasteiger partial charge in [-0.3, -0.25) is 9.36 Å². The number of benzene rings is 1. The van der Waals surface area contributed by atoms with Crippen LogP contribution < -0.4 is 14.8 Å². The molecular weight excluding hydrogens is 420 g/mol. The Bertz CT molecular complexity index is 1430. The second-order valence-corrected chi connectivity index (χ2v) is 8.36. The lowest BCUT2D eigenvalue weighted by Crippen LogP contribution is -2.32. The molecule has 3 aromatic heterocycles. The van der Waals surface area contributed by atoms with E-state index in [0.29, 0.717) is 5.95 Å². The zero-order chi connectivity index (χ0) is 22.9. The van der Waals surface area contributed by atoms with Crippen molar-refractivity contribution in [1.82, 2.24) is 34.3 Å². The van der Waals surface area contributed by atoms with Crippen molar-refractivity contribution in [2.45, 2.75) is 26.0 Å². The number of anilines is 1. The third kappa shape index (κ3) is 2.73. The molecule has 1 aromatic carbocycles. The first-order chi connectivity index (χ1) is 16.0. The molecule has 0 saturated heterocycles. The van der Waals surface area contributed by atoms with Crippen molar-refractivity contribution in [1.29, 1.82) is 0 Å². The summed E-state index contributed by atoms with van der Waals surface area (Å²) in [4.78, 5) is 4.49. The van der Waals surface area contributed by atoms with Crippen LogP contribution in [0.1, 0.15) is 40.2 Å². The minimum absolute atomic E-state index is 0.253. The van der Waals surface area contributed by atoms with Gasteiger partial charge in [-0.25, -0.2) is 4.68 Å². The highest BCUT2D eigenvalue weighted by Gasteiger charge is 2.43. The quantitative estimate of drug-likeness (QED) is 0.519. The Morgan fingerprint density at radius 1 is 1.00 bits per heavy atom. The van der Waals surface area contributed by atoms with E-state index in [2.05, 4.69) is 39.4 Å². The largest absolute Gasteiger partial charge is 0.497 e. The van der Waals surface area contributed by atoms with Crippen LogP contribution in [0.3, 0.4) is 0 Å². The van der Waals surface area contributed by atoms with Gasteiger partial charge < -0.3 is 14.8 Å². The van der Waals surface area contributed by atoms with Crippen LogP contribution in [-0.4, -0.2) is 41.4 Å². The highest BCUT2D eigenvalue weighted by atomic mass is 16.5. The molecule has 4 aromatic rings. The normalized spacial score (nSPS) is 18.8. The van der Waals surface area contributed by atoms with E-state index in [4.69, 9.17) is 9.47 Å². The average Bonchev–Trinajstić information content (AvgIpc) is 3.52. The van der Waals surface area contributed by atoms with Crippen LogP contribution in [0.25, 0.3) is 5.70 Å². The molecule has 2 aliphatic heterocycles. The molecule has 0 amide bonds. The maximum Gasteiger partial charge on any atom is 0.226 e. The van der Waals surface area contributed by atoms with Crippen molar-refractivity contribution < 1.29 is 9.47 Å². The summed E-state index contributed by atoms with van der Waals surface area (Å²) < 4.78 is 17.8. The van der Waals surface area contributed by atoms with Crippen LogP contribution >= 0.6 is 0 Å². The molecule has 0 radical (unpaired) electrons. The molecule has 10 heteroatoms. The topological polar surface area (TPSA) is 96.8 Å². The van der Waals surface area contributed by atoms with Gasteiger partial charge in [-0.15, -0.1) is 0 Å². The van der Waals surface area contributed by atoms with Crippen molar-refractivity contribution in [3.05, 3.63) is 70.6 Å². The number of fused-ring (bicyclic) bond motifs is 3. The van der Waals surface area contributed by atoms with Crippen molar-refractivity contribution in [3.8, 4) is 11.5 Å². The monoisotopic (exact) mass is 444 g/mol. The Balaban J connectivity index is 1.66. The van der Waals surface area contributed by atoms with E-state index >= 15 is 0 Å². The lowest BCUT2D eigenvalue weighted by molar-refractivity contribution is 0.221. The first-order valence-electron chi connectivity index (χ1n) is 10.7. The molecule has 1 N–H and O–H groups in total. The molecule has 0 fully saturated rings. The molecule has 0 spiro atoms. The fourth-order valence-electron chi connectivity index (χ4n) is 4.69. The Morgan fingerprint density at radius 2 is 1.73 bits per heavy atom. The van der Waals surface area contributed by atoms with E-state index in [1.165, 1.54) is 0 Å². The van der Waals surface area contributed by atoms with Crippen LogP contribution in [0, 0.1) is 13.8 Å². The van der Waals surface area contributed by atoms with E-state index in [9.17, 15) is 0 Å². The van der Waals surface area contributed by atoms with Crippen LogP contribution in [0.2, 0.25) is 0 Å². The van der Waals surface area contributed by atoms with E-state index in [1.807, 2.05) is 58.7 Å². The summed E-state index contributed by atoms with van der Waals surface area (Å²) in [5.41, 5.74) is 7.02. The fraction of sp³-hybridized carbons (Fsp3) is 0.304. The molecule has 10 nitrogen and oxygen atoms in total. The van der Waals surface area contributed by atoms with Gasteiger partial charge >= 0.3 is 0 Å². The van der Waals surface area contributed by atoms with Gasteiger partial charge in [-0.05, 0) is 32.0 Å². The Kier molecular flexibility index (Phi) is 4.13. The van der Waals surface area contributed by atoms with Crippen molar-refractivity contribution in [3.63, 3.8) is 0 Å². The number of nitrogens with zero attached hydrogens (tertiary/aromatic N) is 7. The van der Waals surface area contributed by atoms with Gasteiger partial charge in [-0.1, -0.05) is 0 Å². The second-order valence-electron chi connectivity index (χ2n) is 8.36. The summed E-state index contributed by atoms with van der Waals surface area (Å²) in [6.45, 7) is 4.11. The van der Waals surface area contributed by atoms with E-state index in [0.717, 1.165) is 50.8 Å². The molecule has 2 aliphatic rings. The smallest absolute Gasteiger partial charge is 0.226 e. The average molecular weight is 444 g/mol. The molecule has 168 valence electrons. The van der Waals surface area contributed by atoms with Gasteiger partial charge in [-0.2, -0.15) is 20.3 Å². The van der Waals surface area contributed by atoms with Gasteiger partial charge in [0, 0.05) is 47.7 Å². The number of hydrogen-bond acceptors (Lipinski definition) is 7. The first-order valence-corrected chi connectivity index (χ1v) is 10.7. The van der Waals surface area contributed by atoms with Crippen LogP contribution in [-0.2, 0) is 14.1 Å². The lowest BCUT2D eigenvalue weighted by Gasteiger charge is -2.38. The number of aryl methyl sites for hydroxylation is 2. The standard InChI is InChI=1S/C23H24N8O2/c1-12-16(9-25-29(12)3)21-19-20(28-23-24-11-27-31(21)23)15-8-14(32-5)6-7-18(15)33-22(19)17-10-26-30(4)13(17)2/h6-11,21-22H,1-5H3,(H,24,27,28)/t21-,22-/m1/s1. The van der Waals surface area contributed by atoms with E-state index in [-0.39, 0.29) is 12.1 Å². The predicted molar refractivity (Wildman–Crippen MR) is 121 cm³/mol. The Morgan fingerprint density at radius 3 is 2.39 bits per heavy atom. The number of methoxy groups -OCH3 is 1. The summed E-state index contributed by atoms with van der Waals surface area (Å²) >= 11 is 0. The van der Waals surface area contributed by atoms with Crippen LogP contribution in [0.15, 0.2) is 42.5 Å². The van der Waals surface area contributed by atoms with Gasteiger partial charge in [0.2, 0.25) is 5.95 Å². The van der Waals surface area contributed by atoms with Gasteiger partial charge in [0.25, 0.3) is 0 Å². The number of aromatic nitrogens is 7. The van der Waals surface area contributed by atoms with Crippen LogP contribution in [0.4, 0.5) is 5.95 Å². The second kappa shape index (κ2) is 6.96. The summed E-state index contributed by atoms with van der Waals surface area (Å²) in [6, 6.07) is 5.59. The minimum Gasteiger partial charge on any atom is -0.497 e. The molecular formula is C23H24N8O2. The van der Waals surface area contributed by atoms with Crippen molar-refractivity contribution >= 4 is 11.6 Å². The molecule has 0 saturated carbocycles. The predicted octanol–water partition coefficient (Wildman–Crippen LogP) is 2.93. The number of hydrogen-bond donors (Lipinski definition) is 1. The summed E-state index contributed by atoms with van der Waals surface area (Å²) in [6.07, 6.45) is 4.97. The van der Waals surface area contributed by atoms with Gasteiger partial charge in [0.1, 0.15) is 23.9 Å². The number of rotatable bonds is 3. The lowest BCUT2D eigenvalue weighted by atomic mass is 9.85. The minimum atomic E-state index is -0.371. The maximum atomic E-state index is 6.68. The Hall–Kier alpha value is -4.08. The highest BCUT2D eigenvalue weighted by molar-refractivity contribution is 5.85. The number of ether oxygens (including phenoxy) is 2. The number of nitrogens with one attached hydrogen (secondary N) is 1. The molecule has 2 atom stereocenters. The SMILES string of the molecule is COc1ccc2c(c1)C1=C([C@@H](c3cnn(C)c3C)O2)[C@@H](c2cnn(C)c2C)n2ncnc2N1. The van der Waals surface area contributed by atoms with Crippen molar-refractivity contribution in [2.24, 2.45) is 14.1 Å². The molecule has 33 heavy (non-hydrogen) atoms. The molecule has 6 rings (SSSR count). The summed E-state index contributed by atoms with van der Waals surface area (Å²) in [5, 5.41) is 17.1. The van der Waals surface area contributed by atoms with Gasteiger partial charge in [0.05, 0.1) is 25.2 Å². The zero-order valence-electron chi connectivity index (χ0n) is 19.1. The molecule has 5 heterocycles. The van der Waals surface area contributed by atoms with Crippen LogP contribution in [0.5, 0.6) is 11.5 Å².